The summed E-state index contributed by atoms with van der Waals surface area (Å²) in [5.74, 6) is -0.116. The minimum atomic E-state index is -1.13. The zero-order valence-electron chi connectivity index (χ0n) is 17.6. The number of hydrogen-bond donors (Lipinski definition) is 3. The van der Waals surface area contributed by atoms with Gasteiger partial charge in [-0.3, -0.25) is 14.9 Å². The highest BCUT2D eigenvalue weighted by molar-refractivity contribution is 9.10. The van der Waals surface area contributed by atoms with Gasteiger partial charge in [0.15, 0.2) is 0 Å². The molecule has 3 atom stereocenters. The molecule has 3 unspecified atom stereocenters. The Morgan fingerprint density at radius 2 is 2.10 bits per heavy atom. The molecule has 6 nitrogen and oxygen atoms in total. The van der Waals surface area contributed by atoms with Gasteiger partial charge < -0.3 is 15.4 Å². The van der Waals surface area contributed by atoms with Gasteiger partial charge in [0.05, 0.1) is 18.7 Å². The number of ether oxygens (including phenoxy) is 1. The first-order valence-electron chi connectivity index (χ1n) is 10.3. The summed E-state index contributed by atoms with van der Waals surface area (Å²) in [5, 5.41) is 9.94. The second kappa shape index (κ2) is 8.45. The summed E-state index contributed by atoms with van der Waals surface area (Å²) in [6.45, 7) is 4.27. The fourth-order valence-electron chi connectivity index (χ4n) is 4.75. The molecular formula is C23H25BrClN3O3. The van der Waals surface area contributed by atoms with E-state index in [1.54, 1.807) is 18.2 Å². The van der Waals surface area contributed by atoms with Crippen molar-refractivity contribution in [3.05, 3.63) is 51.5 Å². The number of benzene rings is 2. The Morgan fingerprint density at radius 1 is 1.32 bits per heavy atom. The van der Waals surface area contributed by atoms with Gasteiger partial charge in [-0.15, -0.1) is 0 Å². The lowest BCUT2D eigenvalue weighted by atomic mass is 9.79. The third-order valence-electron chi connectivity index (χ3n) is 5.98. The first-order chi connectivity index (χ1) is 14.7. The Bertz CT molecular complexity index is 1040. The monoisotopic (exact) mass is 505 g/mol. The molecule has 1 spiro atoms. The smallest absolute Gasteiger partial charge is 0.250 e. The van der Waals surface area contributed by atoms with Gasteiger partial charge in [-0.2, -0.15) is 0 Å². The standard InChI is InChI=1S/C23H25BrClN3O3/c1-12(2)8-15-11-17(21(29)26-19-10-14(25)5-7-20(19)31-3)23(28-15)16-9-13(24)4-6-18(16)27-22(23)30/h4-7,9-10,12,15,17,28H,8,11H2,1-3H3,(H,26,29)(H,27,30). The lowest BCUT2D eigenvalue weighted by Gasteiger charge is -2.29. The van der Waals surface area contributed by atoms with Crippen molar-refractivity contribution in [1.29, 1.82) is 0 Å². The molecule has 1 fully saturated rings. The molecule has 8 heteroatoms. The van der Waals surface area contributed by atoms with E-state index in [-0.39, 0.29) is 17.9 Å². The maximum absolute atomic E-state index is 13.6. The average Bonchev–Trinajstić information content (AvgIpc) is 3.21. The van der Waals surface area contributed by atoms with Crippen molar-refractivity contribution in [2.75, 3.05) is 17.7 Å². The van der Waals surface area contributed by atoms with Crippen LogP contribution in [0.4, 0.5) is 11.4 Å². The van der Waals surface area contributed by atoms with Crippen LogP contribution in [0, 0.1) is 11.8 Å². The number of anilines is 2. The predicted octanol–water partition coefficient (Wildman–Crippen LogP) is 4.92. The zero-order valence-corrected chi connectivity index (χ0v) is 19.9. The molecule has 2 heterocycles. The van der Waals surface area contributed by atoms with Gasteiger partial charge in [-0.05, 0) is 55.2 Å². The Hall–Kier alpha value is -2.09. The molecule has 2 aliphatic rings. The summed E-state index contributed by atoms with van der Waals surface area (Å²) in [6, 6.07) is 10.7. The highest BCUT2D eigenvalue weighted by Crippen LogP contribution is 2.49. The number of hydrogen-bond acceptors (Lipinski definition) is 4. The van der Waals surface area contributed by atoms with Gasteiger partial charge in [0.2, 0.25) is 11.8 Å². The summed E-state index contributed by atoms with van der Waals surface area (Å²) in [6.07, 6.45) is 1.41. The van der Waals surface area contributed by atoms with Gasteiger partial charge in [-0.25, -0.2) is 0 Å². The van der Waals surface area contributed by atoms with Gasteiger partial charge in [-0.1, -0.05) is 41.4 Å². The van der Waals surface area contributed by atoms with E-state index in [1.165, 1.54) is 7.11 Å². The molecule has 4 rings (SSSR count). The molecule has 2 aromatic rings. The Kier molecular flexibility index (Phi) is 6.03. The quantitative estimate of drug-likeness (QED) is 0.538. The Labute approximate surface area is 195 Å². The zero-order chi connectivity index (χ0) is 22.3. The van der Waals surface area contributed by atoms with E-state index in [4.69, 9.17) is 16.3 Å². The topological polar surface area (TPSA) is 79.5 Å². The maximum Gasteiger partial charge on any atom is 0.250 e. The lowest BCUT2D eigenvalue weighted by Crippen LogP contribution is -2.52. The van der Waals surface area contributed by atoms with Crippen molar-refractivity contribution >= 4 is 50.7 Å². The van der Waals surface area contributed by atoms with Crippen molar-refractivity contribution in [1.82, 2.24) is 5.32 Å². The first kappa shape index (κ1) is 22.1. The molecule has 2 aromatic carbocycles. The average molecular weight is 507 g/mol. The van der Waals surface area contributed by atoms with E-state index >= 15 is 0 Å². The van der Waals surface area contributed by atoms with E-state index < -0.39 is 11.5 Å². The molecule has 3 N–H and O–H groups in total. The van der Waals surface area contributed by atoms with Crippen molar-refractivity contribution in [2.45, 2.75) is 38.3 Å². The first-order valence-corrected chi connectivity index (χ1v) is 11.4. The number of halogens is 2. The fourth-order valence-corrected chi connectivity index (χ4v) is 5.29. The van der Waals surface area contributed by atoms with Crippen LogP contribution in [0.25, 0.3) is 0 Å². The number of fused-ring (bicyclic) bond motifs is 2. The summed E-state index contributed by atoms with van der Waals surface area (Å²) in [7, 11) is 1.54. The summed E-state index contributed by atoms with van der Waals surface area (Å²) >= 11 is 9.65. The number of carbonyl (C=O) groups is 2. The van der Waals surface area contributed by atoms with Crippen LogP contribution < -0.4 is 20.7 Å². The molecule has 0 aromatic heterocycles. The van der Waals surface area contributed by atoms with Crippen LogP contribution in [-0.2, 0) is 15.1 Å². The molecule has 0 aliphatic carbocycles. The molecule has 2 aliphatic heterocycles. The van der Waals surface area contributed by atoms with Gasteiger partial charge in [0.1, 0.15) is 11.3 Å². The Balaban J connectivity index is 1.74. The second-order valence-electron chi connectivity index (χ2n) is 8.54. The van der Waals surface area contributed by atoms with E-state index in [0.717, 1.165) is 22.1 Å². The number of rotatable bonds is 5. The van der Waals surface area contributed by atoms with Gasteiger partial charge in [0.25, 0.3) is 0 Å². The molecule has 0 radical (unpaired) electrons. The van der Waals surface area contributed by atoms with Crippen LogP contribution in [0.2, 0.25) is 5.02 Å². The fraction of sp³-hybridized carbons (Fsp3) is 0.391. The van der Waals surface area contributed by atoms with Crippen LogP contribution in [0.1, 0.15) is 32.3 Å². The number of methoxy groups -OCH3 is 1. The van der Waals surface area contributed by atoms with Crippen LogP contribution >= 0.6 is 27.5 Å². The van der Waals surface area contributed by atoms with Crippen LogP contribution in [0.15, 0.2) is 40.9 Å². The molecule has 31 heavy (non-hydrogen) atoms. The summed E-state index contributed by atoms with van der Waals surface area (Å²) < 4.78 is 6.23. The third kappa shape index (κ3) is 3.95. The largest absolute Gasteiger partial charge is 0.495 e. The van der Waals surface area contributed by atoms with Crippen molar-refractivity contribution in [2.24, 2.45) is 11.8 Å². The molecule has 0 saturated carbocycles. The minimum Gasteiger partial charge on any atom is -0.495 e. The highest BCUT2D eigenvalue weighted by Gasteiger charge is 2.60. The van der Waals surface area contributed by atoms with Gasteiger partial charge >= 0.3 is 0 Å². The van der Waals surface area contributed by atoms with E-state index in [1.807, 2.05) is 18.2 Å². The van der Waals surface area contributed by atoms with E-state index in [9.17, 15) is 9.59 Å². The second-order valence-corrected chi connectivity index (χ2v) is 9.90. The van der Waals surface area contributed by atoms with Crippen molar-refractivity contribution in [3.63, 3.8) is 0 Å². The van der Waals surface area contributed by atoms with Gasteiger partial charge in [0, 0.05) is 26.8 Å². The number of amides is 2. The molecule has 0 bridgehead atoms. The summed E-state index contributed by atoms with van der Waals surface area (Å²) in [5.41, 5.74) is 0.866. The lowest BCUT2D eigenvalue weighted by molar-refractivity contribution is -0.130. The van der Waals surface area contributed by atoms with Crippen molar-refractivity contribution in [3.8, 4) is 5.75 Å². The highest BCUT2D eigenvalue weighted by atomic mass is 79.9. The molecule has 2 amide bonds. The maximum atomic E-state index is 13.6. The summed E-state index contributed by atoms with van der Waals surface area (Å²) in [4.78, 5) is 26.9. The van der Waals surface area contributed by atoms with E-state index in [0.29, 0.717) is 28.8 Å². The molecular weight excluding hydrogens is 482 g/mol. The van der Waals surface area contributed by atoms with E-state index in [2.05, 4.69) is 45.7 Å². The van der Waals surface area contributed by atoms with Crippen LogP contribution in [0.3, 0.4) is 0 Å². The molecule has 164 valence electrons. The number of nitrogens with one attached hydrogen (secondary N) is 3. The Morgan fingerprint density at radius 3 is 2.81 bits per heavy atom. The molecule has 1 saturated heterocycles. The predicted molar refractivity (Wildman–Crippen MR) is 126 cm³/mol. The van der Waals surface area contributed by atoms with Crippen LogP contribution in [-0.4, -0.2) is 25.0 Å². The minimum absolute atomic E-state index is 0.0349. The number of carbonyl (C=O) groups excluding carboxylic acids is 2. The van der Waals surface area contributed by atoms with Crippen LogP contribution in [0.5, 0.6) is 5.75 Å². The third-order valence-corrected chi connectivity index (χ3v) is 6.71. The normalized spacial score (nSPS) is 24.4. The SMILES string of the molecule is COc1ccc(Cl)cc1NC(=O)C1CC(CC(C)C)NC12C(=O)Nc1ccc(Br)cc12. The van der Waals surface area contributed by atoms with Crippen molar-refractivity contribution < 1.29 is 14.3 Å².